The van der Waals surface area contributed by atoms with Gasteiger partial charge in [-0.15, -0.1) is 0 Å². The Labute approximate surface area is 163 Å². The molecule has 1 N–H and O–H groups in total. The van der Waals surface area contributed by atoms with Gasteiger partial charge in [0.2, 0.25) is 11.8 Å². The van der Waals surface area contributed by atoms with E-state index >= 15 is 0 Å². The van der Waals surface area contributed by atoms with E-state index < -0.39 is 5.82 Å². The summed E-state index contributed by atoms with van der Waals surface area (Å²) in [6, 6.07) is 13.9. The van der Waals surface area contributed by atoms with Crippen LogP contribution in [-0.2, 0) is 16.0 Å². The lowest BCUT2D eigenvalue weighted by Crippen LogP contribution is -2.51. The standard InChI is InChI=1S/C21H24FN3O3/c1-28-19-9-5-4-8-18(19)24-10-12-25(13-11-24)21(27)15-23-20(26)14-16-6-2-3-7-17(16)22/h2-9H,10-15H2,1H3,(H,23,26). The maximum atomic E-state index is 13.6. The molecule has 2 aromatic rings. The van der Waals surface area contributed by atoms with E-state index in [1.807, 2.05) is 24.3 Å². The number of anilines is 1. The minimum atomic E-state index is -0.420. The number of nitrogens with one attached hydrogen (secondary N) is 1. The molecule has 1 saturated heterocycles. The Morgan fingerprint density at radius 1 is 1.04 bits per heavy atom. The van der Waals surface area contributed by atoms with Crippen LogP contribution < -0.4 is 15.0 Å². The van der Waals surface area contributed by atoms with Crippen LogP contribution in [-0.4, -0.2) is 56.5 Å². The van der Waals surface area contributed by atoms with Crippen molar-refractivity contribution >= 4 is 17.5 Å². The molecule has 2 aromatic carbocycles. The van der Waals surface area contributed by atoms with Gasteiger partial charge in [0.05, 0.1) is 25.8 Å². The van der Waals surface area contributed by atoms with E-state index in [0.717, 1.165) is 11.4 Å². The van der Waals surface area contributed by atoms with Crippen molar-refractivity contribution in [1.29, 1.82) is 0 Å². The van der Waals surface area contributed by atoms with Gasteiger partial charge in [0.15, 0.2) is 0 Å². The predicted molar refractivity (Wildman–Crippen MR) is 105 cm³/mol. The molecular weight excluding hydrogens is 361 g/mol. The Balaban J connectivity index is 1.46. The van der Waals surface area contributed by atoms with E-state index in [0.29, 0.717) is 31.7 Å². The third kappa shape index (κ3) is 4.79. The van der Waals surface area contributed by atoms with Gasteiger partial charge in [0.25, 0.3) is 0 Å². The molecule has 0 saturated carbocycles. The number of amides is 2. The highest BCUT2D eigenvalue weighted by atomic mass is 19.1. The van der Waals surface area contributed by atoms with Gasteiger partial charge in [-0.3, -0.25) is 9.59 Å². The minimum Gasteiger partial charge on any atom is -0.495 e. The quantitative estimate of drug-likeness (QED) is 0.824. The molecule has 0 aliphatic carbocycles. The second-order valence-corrected chi connectivity index (χ2v) is 6.58. The number of carbonyl (C=O) groups excluding carboxylic acids is 2. The lowest BCUT2D eigenvalue weighted by Gasteiger charge is -2.36. The highest BCUT2D eigenvalue weighted by Gasteiger charge is 2.23. The van der Waals surface area contributed by atoms with Crippen molar-refractivity contribution in [2.24, 2.45) is 0 Å². The zero-order valence-electron chi connectivity index (χ0n) is 15.9. The van der Waals surface area contributed by atoms with Gasteiger partial charge in [0.1, 0.15) is 11.6 Å². The first-order valence-corrected chi connectivity index (χ1v) is 9.24. The molecule has 0 radical (unpaired) electrons. The van der Waals surface area contributed by atoms with Crippen LogP contribution in [0.4, 0.5) is 10.1 Å². The number of halogens is 1. The number of rotatable bonds is 6. The Hall–Kier alpha value is -3.09. The van der Waals surface area contributed by atoms with Crippen LogP contribution in [0.1, 0.15) is 5.56 Å². The van der Waals surface area contributed by atoms with Crippen molar-refractivity contribution in [3.63, 3.8) is 0 Å². The number of methoxy groups -OCH3 is 1. The molecule has 0 unspecified atom stereocenters. The lowest BCUT2D eigenvalue weighted by atomic mass is 10.1. The molecular formula is C21H24FN3O3. The zero-order valence-corrected chi connectivity index (χ0v) is 15.9. The topological polar surface area (TPSA) is 61.9 Å². The molecule has 6 nitrogen and oxygen atoms in total. The Morgan fingerprint density at radius 2 is 1.71 bits per heavy atom. The summed E-state index contributed by atoms with van der Waals surface area (Å²) in [6.45, 7) is 2.44. The summed E-state index contributed by atoms with van der Waals surface area (Å²) in [4.78, 5) is 28.3. The summed E-state index contributed by atoms with van der Waals surface area (Å²) in [7, 11) is 1.64. The van der Waals surface area contributed by atoms with Crippen molar-refractivity contribution in [3.05, 3.63) is 59.9 Å². The molecule has 0 spiro atoms. The van der Waals surface area contributed by atoms with Gasteiger partial charge in [-0.05, 0) is 23.8 Å². The Morgan fingerprint density at radius 3 is 2.43 bits per heavy atom. The van der Waals surface area contributed by atoms with Gasteiger partial charge in [-0.25, -0.2) is 4.39 Å². The maximum Gasteiger partial charge on any atom is 0.242 e. The molecule has 3 rings (SSSR count). The summed E-state index contributed by atoms with van der Waals surface area (Å²) in [5.74, 6) is -0.119. The molecule has 7 heteroatoms. The van der Waals surface area contributed by atoms with Gasteiger partial charge >= 0.3 is 0 Å². The highest BCUT2D eigenvalue weighted by Crippen LogP contribution is 2.28. The largest absolute Gasteiger partial charge is 0.495 e. The van der Waals surface area contributed by atoms with Crippen molar-refractivity contribution in [1.82, 2.24) is 10.2 Å². The molecule has 1 heterocycles. The van der Waals surface area contributed by atoms with E-state index in [4.69, 9.17) is 4.74 Å². The number of ether oxygens (including phenoxy) is 1. The fourth-order valence-electron chi connectivity index (χ4n) is 3.25. The predicted octanol–water partition coefficient (Wildman–Crippen LogP) is 1.84. The molecule has 1 aliphatic rings. The molecule has 0 aromatic heterocycles. The molecule has 1 aliphatic heterocycles. The van der Waals surface area contributed by atoms with Crippen LogP contribution in [0.15, 0.2) is 48.5 Å². The van der Waals surface area contributed by atoms with E-state index in [2.05, 4.69) is 10.2 Å². The molecule has 28 heavy (non-hydrogen) atoms. The number of piperazine rings is 1. The van der Waals surface area contributed by atoms with E-state index in [9.17, 15) is 14.0 Å². The Kier molecular flexibility index (Phi) is 6.47. The van der Waals surface area contributed by atoms with Crippen LogP contribution in [0.25, 0.3) is 0 Å². The lowest BCUT2D eigenvalue weighted by molar-refractivity contribution is -0.133. The number of nitrogens with zero attached hydrogens (tertiary/aromatic N) is 2. The summed E-state index contributed by atoms with van der Waals surface area (Å²) < 4.78 is 19.0. The fourth-order valence-corrected chi connectivity index (χ4v) is 3.25. The average Bonchev–Trinajstić information content (AvgIpc) is 2.74. The monoisotopic (exact) mass is 385 g/mol. The van der Waals surface area contributed by atoms with Gasteiger partial charge in [0, 0.05) is 26.2 Å². The van der Waals surface area contributed by atoms with Gasteiger partial charge in [-0.2, -0.15) is 0 Å². The van der Waals surface area contributed by atoms with Crippen molar-refractivity contribution in [3.8, 4) is 5.75 Å². The first-order chi connectivity index (χ1) is 13.6. The summed E-state index contributed by atoms with van der Waals surface area (Å²) in [6.07, 6.45) is -0.0818. The number of para-hydroxylation sites is 2. The SMILES string of the molecule is COc1ccccc1N1CCN(C(=O)CNC(=O)Cc2ccccc2F)CC1. The zero-order chi connectivity index (χ0) is 19.9. The molecule has 0 atom stereocenters. The van der Waals surface area contributed by atoms with Crippen molar-refractivity contribution < 1.29 is 18.7 Å². The third-order valence-electron chi connectivity index (χ3n) is 4.80. The first kappa shape index (κ1) is 19.7. The highest BCUT2D eigenvalue weighted by molar-refractivity contribution is 5.86. The molecule has 0 bridgehead atoms. The second kappa shape index (κ2) is 9.21. The Bertz CT molecular complexity index is 835. The molecule has 1 fully saturated rings. The molecule has 148 valence electrons. The van der Waals surface area contributed by atoms with Gasteiger partial charge in [-0.1, -0.05) is 30.3 Å². The number of benzene rings is 2. The van der Waals surface area contributed by atoms with Crippen LogP contribution in [0.5, 0.6) is 5.75 Å². The van der Waals surface area contributed by atoms with Crippen LogP contribution >= 0.6 is 0 Å². The van der Waals surface area contributed by atoms with E-state index in [1.54, 1.807) is 30.2 Å². The van der Waals surface area contributed by atoms with Gasteiger partial charge < -0.3 is 19.9 Å². The summed E-state index contributed by atoms with van der Waals surface area (Å²) >= 11 is 0. The van der Waals surface area contributed by atoms with Crippen LogP contribution in [0, 0.1) is 5.82 Å². The van der Waals surface area contributed by atoms with Crippen molar-refractivity contribution in [2.45, 2.75) is 6.42 Å². The van der Waals surface area contributed by atoms with E-state index in [1.165, 1.54) is 6.07 Å². The maximum absolute atomic E-state index is 13.6. The second-order valence-electron chi connectivity index (χ2n) is 6.58. The smallest absolute Gasteiger partial charge is 0.242 e. The average molecular weight is 385 g/mol. The number of hydrogen-bond donors (Lipinski definition) is 1. The normalized spacial score (nSPS) is 13.9. The fraction of sp³-hybridized carbons (Fsp3) is 0.333. The summed E-state index contributed by atoms with van der Waals surface area (Å²) in [5.41, 5.74) is 1.33. The number of carbonyl (C=O) groups is 2. The minimum absolute atomic E-state index is 0.0814. The van der Waals surface area contributed by atoms with Crippen LogP contribution in [0.3, 0.4) is 0 Å². The third-order valence-corrected chi connectivity index (χ3v) is 4.80. The van der Waals surface area contributed by atoms with E-state index in [-0.39, 0.29) is 24.8 Å². The molecule has 2 amide bonds. The van der Waals surface area contributed by atoms with Crippen LogP contribution in [0.2, 0.25) is 0 Å². The summed E-state index contributed by atoms with van der Waals surface area (Å²) in [5, 5.41) is 2.59. The first-order valence-electron chi connectivity index (χ1n) is 9.24. The number of hydrogen-bond acceptors (Lipinski definition) is 4. The van der Waals surface area contributed by atoms with Crippen molar-refractivity contribution in [2.75, 3.05) is 44.7 Å².